The second-order valence-electron chi connectivity index (χ2n) is 2.34. The molecule has 0 atom stereocenters. The smallest absolute Gasteiger partial charge is 0.122 e. The molecule has 1 heteroatoms. The van der Waals surface area contributed by atoms with E-state index in [0.29, 0.717) is 12.0 Å². The van der Waals surface area contributed by atoms with Gasteiger partial charge in [0.05, 0.1) is 0 Å². The van der Waals surface area contributed by atoms with Crippen LogP contribution in [0.5, 0.6) is 0 Å². The van der Waals surface area contributed by atoms with E-state index in [-0.39, 0.29) is 5.83 Å². The molecule has 0 saturated carbocycles. The standard InChI is InChI=1S/C10H15F/c1-4-6-8-9(3)10(11)7-5-2/h4,6-7H,3,5,8H2,1-2H3/b6-4+,10-7-. The van der Waals surface area contributed by atoms with Gasteiger partial charge in [0.1, 0.15) is 5.83 Å². The molecule has 0 amide bonds. The van der Waals surface area contributed by atoms with Gasteiger partial charge in [0.25, 0.3) is 0 Å². The lowest BCUT2D eigenvalue weighted by atomic mass is 10.1. The quantitative estimate of drug-likeness (QED) is 0.427. The van der Waals surface area contributed by atoms with Gasteiger partial charge in [0, 0.05) is 0 Å². The Labute approximate surface area is 68.1 Å². The fourth-order valence-corrected chi connectivity index (χ4v) is 0.681. The van der Waals surface area contributed by atoms with E-state index in [0.717, 1.165) is 6.42 Å². The zero-order valence-corrected chi connectivity index (χ0v) is 7.23. The van der Waals surface area contributed by atoms with Crippen LogP contribution >= 0.6 is 0 Å². The SMILES string of the molecule is C=C(C/C=C/C)/C(F)=C/CC. The summed E-state index contributed by atoms with van der Waals surface area (Å²) in [6, 6.07) is 0. The number of rotatable bonds is 4. The highest BCUT2D eigenvalue weighted by Gasteiger charge is 1.96. The highest BCUT2D eigenvalue weighted by Crippen LogP contribution is 2.14. The van der Waals surface area contributed by atoms with Crippen molar-refractivity contribution in [1.29, 1.82) is 0 Å². The van der Waals surface area contributed by atoms with Crippen molar-refractivity contribution in [1.82, 2.24) is 0 Å². The molecule has 0 saturated heterocycles. The van der Waals surface area contributed by atoms with Gasteiger partial charge in [0.2, 0.25) is 0 Å². The van der Waals surface area contributed by atoms with Crippen molar-refractivity contribution in [3.05, 3.63) is 36.2 Å². The topological polar surface area (TPSA) is 0 Å². The molecule has 0 spiro atoms. The van der Waals surface area contributed by atoms with E-state index < -0.39 is 0 Å². The Balaban J connectivity index is 3.93. The zero-order valence-electron chi connectivity index (χ0n) is 7.23. The van der Waals surface area contributed by atoms with Crippen LogP contribution in [0.3, 0.4) is 0 Å². The number of allylic oxidation sites excluding steroid dienone is 5. The summed E-state index contributed by atoms with van der Waals surface area (Å²) in [5.41, 5.74) is 0.560. The van der Waals surface area contributed by atoms with E-state index in [1.165, 1.54) is 0 Å². The molecule has 0 nitrogen and oxygen atoms in total. The van der Waals surface area contributed by atoms with Crippen molar-refractivity contribution >= 4 is 0 Å². The predicted octanol–water partition coefficient (Wildman–Crippen LogP) is 3.77. The molecule has 0 N–H and O–H groups in total. The van der Waals surface area contributed by atoms with Crippen LogP contribution in [0.1, 0.15) is 26.7 Å². The number of hydrogen-bond acceptors (Lipinski definition) is 0. The lowest BCUT2D eigenvalue weighted by Crippen LogP contribution is -1.79. The molecule has 0 aromatic rings. The Morgan fingerprint density at radius 1 is 1.55 bits per heavy atom. The molecule has 0 fully saturated rings. The molecule has 11 heavy (non-hydrogen) atoms. The maximum absolute atomic E-state index is 12.8. The van der Waals surface area contributed by atoms with Gasteiger partial charge < -0.3 is 0 Å². The minimum atomic E-state index is -0.175. The summed E-state index contributed by atoms with van der Waals surface area (Å²) in [7, 11) is 0. The monoisotopic (exact) mass is 154 g/mol. The van der Waals surface area contributed by atoms with Crippen LogP contribution in [0, 0.1) is 0 Å². The van der Waals surface area contributed by atoms with Crippen LogP contribution in [0.4, 0.5) is 4.39 Å². The summed E-state index contributed by atoms with van der Waals surface area (Å²) in [6.07, 6.45) is 6.67. The van der Waals surface area contributed by atoms with E-state index in [1.54, 1.807) is 6.08 Å². The normalized spacial score (nSPS) is 12.5. The molecule has 0 bridgehead atoms. The van der Waals surface area contributed by atoms with Crippen molar-refractivity contribution in [2.75, 3.05) is 0 Å². The summed E-state index contributed by atoms with van der Waals surface area (Å²) in [6.45, 7) is 7.43. The Bertz CT molecular complexity index is 175. The van der Waals surface area contributed by atoms with Crippen LogP contribution in [0.25, 0.3) is 0 Å². The first kappa shape index (κ1) is 10.2. The third-order valence-corrected chi connectivity index (χ3v) is 1.32. The van der Waals surface area contributed by atoms with E-state index in [4.69, 9.17) is 0 Å². The molecule has 0 radical (unpaired) electrons. The summed E-state index contributed by atoms with van der Waals surface area (Å²) in [4.78, 5) is 0. The molecule has 0 aliphatic rings. The molecule has 0 aromatic heterocycles. The molecule has 0 aromatic carbocycles. The first-order valence-corrected chi connectivity index (χ1v) is 3.87. The third-order valence-electron chi connectivity index (χ3n) is 1.32. The molecule has 0 unspecified atom stereocenters. The van der Waals surface area contributed by atoms with Crippen LogP contribution in [-0.2, 0) is 0 Å². The second kappa shape index (κ2) is 5.90. The third kappa shape index (κ3) is 4.54. The van der Waals surface area contributed by atoms with Crippen molar-refractivity contribution in [2.24, 2.45) is 0 Å². The maximum Gasteiger partial charge on any atom is 0.122 e. The Morgan fingerprint density at radius 3 is 2.64 bits per heavy atom. The second-order valence-corrected chi connectivity index (χ2v) is 2.34. The van der Waals surface area contributed by atoms with E-state index in [9.17, 15) is 4.39 Å². The average molecular weight is 154 g/mol. The molecule has 0 aliphatic carbocycles. The minimum Gasteiger partial charge on any atom is -0.207 e. The molecule has 62 valence electrons. The largest absolute Gasteiger partial charge is 0.207 e. The van der Waals surface area contributed by atoms with Gasteiger partial charge in [-0.2, -0.15) is 0 Å². The minimum absolute atomic E-state index is 0.175. The van der Waals surface area contributed by atoms with E-state index in [1.807, 2.05) is 26.0 Å². The van der Waals surface area contributed by atoms with Gasteiger partial charge in [-0.1, -0.05) is 25.7 Å². The fraction of sp³-hybridized carbons (Fsp3) is 0.400. The van der Waals surface area contributed by atoms with E-state index in [2.05, 4.69) is 6.58 Å². The van der Waals surface area contributed by atoms with Gasteiger partial charge >= 0.3 is 0 Å². The average Bonchev–Trinajstić information content (AvgIpc) is 2.00. The highest BCUT2D eigenvalue weighted by atomic mass is 19.1. The van der Waals surface area contributed by atoms with Gasteiger partial charge in [-0.15, -0.1) is 0 Å². The summed E-state index contributed by atoms with van der Waals surface area (Å²) in [5, 5.41) is 0. The molecular weight excluding hydrogens is 139 g/mol. The Kier molecular flexibility index (Phi) is 5.44. The lowest BCUT2D eigenvalue weighted by Gasteiger charge is -1.96. The van der Waals surface area contributed by atoms with Gasteiger partial charge in [-0.05, 0) is 31.4 Å². The van der Waals surface area contributed by atoms with Gasteiger partial charge in [-0.3, -0.25) is 0 Å². The first-order valence-electron chi connectivity index (χ1n) is 3.87. The summed E-state index contributed by atoms with van der Waals surface area (Å²) in [5.74, 6) is -0.175. The van der Waals surface area contributed by atoms with Crippen LogP contribution in [0.15, 0.2) is 36.2 Å². The summed E-state index contributed by atoms with van der Waals surface area (Å²) < 4.78 is 12.8. The van der Waals surface area contributed by atoms with Gasteiger partial charge in [0.15, 0.2) is 0 Å². The van der Waals surface area contributed by atoms with Crippen molar-refractivity contribution < 1.29 is 4.39 Å². The molecule has 0 heterocycles. The van der Waals surface area contributed by atoms with Crippen molar-refractivity contribution in [2.45, 2.75) is 26.7 Å². The first-order chi connectivity index (χ1) is 5.22. The predicted molar refractivity (Wildman–Crippen MR) is 48.1 cm³/mol. The van der Waals surface area contributed by atoms with Crippen molar-refractivity contribution in [3.63, 3.8) is 0 Å². The number of halogens is 1. The van der Waals surface area contributed by atoms with Gasteiger partial charge in [-0.25, -0.2) is 4.39 Å². The van der Waals surface area contributed by atoms with E-state index >= 15 is 0 Å². The highest BCUT2D eigenvalue weighted by molar-refractivity contribution is 5.23. The number of hydrogen-bond donors (Lipinski definition) is 0. The zero-order chi connectivity index (χ0) is 8.69. The molecule has 0 rings (SSSR count). The summed E-state index contributed by atoms with van der Waals surface area (Å²) >= 11 is 0. The van der Waals surface area contributed by atoms with Crippen LogP contribution < -0.4 is 0 Å². The lowest BCUT2D eigenvalue weighted by molar-refractivity contribution is 0.642. The van der Waals surface area contributed by atoms with Crippen LogP contribution in [0.2, 0.25) is 0 Å². The fourth-order valence-electron chi connectivity index (χ4n) is 0.681. The Hall–Kier alpha value is -0.850. The van der Waals surface area contributed by atoms with Crippen LogP contribution in [-0.4, -0.2) is 0 Å². The maximum atomic E-state index is 12.8. The molecular formula is C10H15F. The van der Waals surface area contributed by atoms with Crippen molar-refractivity contribution in [3.8, 4) is 0 Å². The molecule has 0 aliphatic heterocycles. The Morgan fingerprint density at radius 2 is 2.18 bits per heavy atom.